The summed E-state index contributed by atoms with van der Waals surface area (Å²) in [6.07, 6.45) is 3.86. The van der Waals surface area contributed by atoms with Crippen molar-refractivity contribution in [1.29, 1.82) is 0 Å². The number of aliphatic hydroxyl groups is 1. The summed E-state index contributed by atoms with van der Waals surface area (Å²) in [6, 6.07) is 0. The Morgan fingerprint density at radius 3 is 2.69 bits per heavy atom. The third-order valence-corrected chi connectivity index (χ3v) is 3.28. The van der Waals surface area contributed by atoms with Crippen LogP contribution in [-0.2, 0) is 9.53 Å². The van der Waals surface area contributed by atoms with Crippen molar-refractivity contribution in [2.75, 3.05) is 0 Å². The molecule has 0 aromatic rings. The standard InChI is InChI=1S/C10H16O3/c1-6(11)10(12)13-9-5-7-2-3-8(9)4-7/h6-9,11H,2-5H2,1H3/t6-,7?,8?,9?/m0/s1. The van der Waals surface area contributed by atoms with Gasteiger partial charge in [-0.1, -0.05) is 0 Å². The maximum atomic E-state index is 11.1. The minimum absolute atomic E-state index is 0.0980. The Morgan fingerprint density at radius 1 is 1.46 bits per heavy atom. The molecule has 2 aliphatic rings. The highest BCUT2D eigenvalue weighted by molar-refractivity contribution is 5.74. The van der Waals surface area contributed by atoms with E-state index in [1.807, 2.05) is 0 Å². The van der Waals surface area contributed by atoms with Gasteiger partial charge in [0.2, 0.25) is 0 Å². The van der Waals surface area contributed by atoms with E-state index in [9.17, 15) is 4.79 Å². The van der Waals surface area contributed by atoms with Crippen molar-refractivity contribution >= 4 is 5.97 Å². The number of carbonyl (C=O) groups excluding carboxylic acids is 1. The lowest BCUT2D eigenvalue weighted by atomic mass is 9.98. The summed E-state index contributed by atoms with van der Waals surface area (Å²) in [5.74, 6) is 0.891. The number of carbonyl (C=O) groups is 1. The van der Waals surface area contributed by atoms with Crippen molar-refractivity contribution in [3.05, 3.63) is 0 Å². The molecule has 0 radical (unpaired) electrons. The first-order valence-corrected chi connectivity index (χ1v) is 5.05. The lowest BCUT2D eigenvalue weighted by Gasteiger charge is -2.22. The Balaban J connectivity index is 1.86. The zero-order valence-electron chi connectivity index (χ0n) is 7.90. The number of hydrogen-bond donors (Lipinski definition) is 1. The van der Waals surface area contributed by atoms with Crippen LogP contribution >= 0.6 is 0 Å². The maximum absolute atomic E-state index is 11.1. The fraction of sp³-hybridized carbons (Fsp3) is 0.900. The van der Waals surface area contributed by atoms with Gasteiger partial charge >= 0.3 is 5.97 Å². The van der Waals surface area contributed by atoms with Crippen LogP contribution in [0.4, 0.5) is 0 Å². The molecular weight excluding hydrogens is 168 g/mol. The van der Waals surface area contributed by atoms with Crippen molar-refractivity contribution in [3.63, 3.8) is 0 Å². The van der Waals surface area contributed by atoms with Gasteiger partial charge < -0.3 is 9.84 Å². The average molecular weight is 184 g/mol. The topological polar surface area (TPSA) is 46.5 Å². The molecule has 2 saturated carbocycles. The molecule has 0 heterocycles. The highest BCUT2D eigenvalue weighted by atomic mass is 16.6. The molecule has 1 N–H and O–H groups in total. The fourth-order valence-corrected chi connectivity index (χ4v) is 2.58. The van der Waals surface area contributed by atoms with E-state index < -0.39 is 12.1 Å². The highest BCUT2D eigenvalue weighted by Crippen LogP contribution is 2.45. The SMILES string of the molecule is C[C@H](O)C(=O)OC1CC2CCC1C2. The molecule has 3 unspecified atom stereocenters. The molecule has 0 spiro atoms. The summed E-state index contributed by atoms with van der Waals surface area (Å²) >= 11 is 0. The lowest BCUT2D eigenvalue weighted by Crippen LogP contribution is -2.29. The van der Waals surface area contributed by atoms with Gasteiger partial charge in [-0.25, -0.2) is 4.79 Å². The molecule has 0 saturated heterocycles. The molecule has 2 bridgehead atoms. The van der Waals surface area contributed by atoms with Crippen LogP contribution in [0.5, 0.6) is 0 Å². The second-order valence-electron chi connectivity index (χ2n) is 4.33. The van der Waals surface area contributed by atoms with Gasteiger partial charge in [0.15, 0.2) is 0 Å². The Morgan fingerprint density at radius 2 is 2.23 bits per heavy atom. The van der Waals surface area contributed by atoms with Gasteiger partial charge in [-0.3, -0.25) is 0 Å². The summed E-state index contributed by atoms with van der Waals surface area (Å²) < 4.78 is 5.22. The minimum atomic E-state index is -0.973. The van der Waals surface area contributed by atoms with Crippen LogP contribution in [0.25, 0.3) is 0 Å². The van der Waals surface area contributed by atoms with Gasteiger partial charge in [0.25, 0.3) is 0 Å². The van der Waals surface area contributed by atoms with E-state index in [-0.39, 0.29) is 6.10 Å². The van der Waals surface area contributed by atoms with Gasteiger partial charge in [-0.2, -0.15) is 0 Å². The number of rotatable bonds is 2. The molecule has 0 aromatic carbocycles. The van der Waals surface area contributed by atoms with Crippen LogP contribution in [0.15, 0.2) is 0 Å². The number of fused-ring (bicyclic) bond motifs is 2. The van der Waals surface area contributed by atoms with E-state index in [1.165, 1.54) is 26.2 Å². The Hall–Kier alpha value is -0.570. The fourth-order valence-electron chi connectivity index (χ4n) is 2.58. The quantitative estimate of drug-likeness (QED) is 0.654. The van der Waals surface area contributed by atoms with Crippen LogP contribution < -0.4 is 0 Å². The van der Waals surface area contributed by atoms with E-state index in [1.54, 1.807) is 0 Å². The van der Waals surface area contributed by atoms with Crippen LogP contribution in [0.2, 0.25) is 0 Å². The van der Waals surface area contributed by atoms with Crippen molar-refractivity contribution in [1.82, 2.24) is 0 Å². The van der Waals surface area contributed by atoms with E-state index in [0.29, 0.717) is 5.92 Å². The Labute approximate surface area is 78.1 Å². The van der Waals surface area contributed by atoms with Crippen LogP contribution in [-0.4, -0.2) is 23.3 Å². The predicted octanol–water partition coefficient (Wildman–Crippen LogP) is 1.10. The Bertz CT molecular complexity index is 212. The van der Waals surface area contributed by atoms with Gasteiger partial charge in [0, 0.05) is 0 Å². The zero-order chi connectivity index (χ0) is 9.42. The first-order valence-electron chi connectivity index (χ1n) is 5.05. The van der Waals surface area contributed by atoms with Gasteiger partial charge in [-0.15, -0.1) is 0 Å². The number of hydrogen-bond acceptors (Lipinski definition) is 3. The third-order valence-electron chi connectivity index (χ3n) is 3.28. The van der Waals surface area contributed by atoms with Crippen LogP contribution in [0.1, 0.15) is 32.6 Å². The normalized spacial score (nSPS) is 39.1. The van der Waals surface area contributed by atoms with Crippen molar-refractivity contribution < 1.29 is 14.6 Å². The first kappa shape index (κ1) is 9.00. The summed E-state index contributed by atoms with van der Waals surface area (Å²) in [4.78, 5) is 11.1. The third kappa shape index (κ3) is 1.70. The van der Waals surface area contributed by atoms with Crippen LogP contribution in [0.3, 0.4) is 0 Å². The monoisotopic (exact) mass is 184 g/mol. The van der Waals surface area contributed by atoms with E-state index in [0.717, 1.165) is 12.3 Å². The van der Waals surface area contributed by atoms with E-state index in [2.05, 4.69) is 0 Å². The predicted molar refractivity (Wildman–Crippen MR) is 47.0 cm³/mol. The number of ether oxygens (including phenoxy) is 1. The molecule has 2 rings (SSSR count). The van der Waals surface area contributed by atoms with Gasteiger partial charge in [0.1, 0.15) is 12.2 Å². The second kappa shape index (κ2) is 3.29. The molecule has 2 aliphatic carbocycles. The molecule has 3 nitrogen and oxygen atoms in total. The summed E-state index contributed by atoms with van der Waals surface area (Å²) in [5, 5.41) is 8.98. The second-order valence-corrected chi connectivity index (χ2v) is 4.33. The first-order chi connectivity index (χ1) is 6.16. The molecule has 74 valence electrons. The summed E-state index contributed by atoms with van der Waals surface area (Å²) in [6.45, 7) is 1.45. The number of esters is 1. The van der Waals surface area contributed by atoms with Gasteiger partial charge in [-0.05, 0) is 44.4 Å². The van der Waals surface area contributed by atoms with Crippen LogP contribution in [0, 0.1) is 11.8 Å². The largest absolute Gasteiger partial charge is 0.460 e. The molecule has 0 aliphatic heterocycles. The lowest BCUT2D eigenvalue weighted by molar-refractivity contribution is -0.160. The van der Waals surface area contributed by atoms with E-state index in [4.69, 9.17) is 9.84 Å². The van der Waals surface area contributed by atoms with E-state index >= 15 is 0 Å². The van der Waals surface area contributed by atoms with Crippen molar-refractivity contribution in [2.45, 2.75) is 44.8 Å². The Kier molecular flexibility index (Phi) is 2.28. The summed E-state index contributed by atoms with van der Waals surface area (Å²) in [5.41, 5.74) is 0. The molecule has 4 atom stereocenters. The molecule has 0 aromatic heterocycles. The minimum Gasteiger partial charge on any atom is -0.460 e. The van der Waals surface area contributed by atoms with Crippen molar-refractivity contribution in [3.8, 4) is 0 Å². The molecule has 2 fully saturated rings. The number of aliphatic hydroxyl groups excluding tert-OH is 1. The van der Waals surface area contributed by atoms with Crippen molar-refractivity contribution in [2.24, 2.45) is 11.8 Å². The van der Waals surface area contributed by atoms with Gasteiger partial charge in [0.05, 0.1) is 0 Å². The maximum Gasteiger partial charge on any atom is 0.334 e. The summed E-state index contributed by atoms with van der Waals surface area (Å²) in [7, 11) is 0. The molecule has 0 amide bonds. The molecule has 3 heteroatoms. The molecular formula is C10H16O3. The average Bonchev–Trinajstić information content (AvgIpc) is 2.64. The smallest absolute Gasteiger partial charge is 0.334 e. The molecule has 13 heavy (non-hydrogen) atoms. The zero-order valence-corrected chi connectivity index (χ0v) is 7.90. The highest BCUT2D eigenvalue weighted by Gasteiger charge is 2.41.